The summed E-state index contributed by atoms with van der Waals surface area (Å²) in [6, 6.07) is -1.71. The van der Waals surface area contributed by atoms with Crippen LogP contribution in [0.4, 0.5) is 13.2 Å². The second kappa shape index (κ2) is 4.30. The number of alkyl halides is 3. The summed E-state index contributed by atoms with van der Waals surface area (Å²) in [4.78, 5) is 21.1. The summed E-state index contributed by atoms with van der Waals surface area (Å²) in [5.41, 5.74) is 0. The lowest BCUT2D eigenvalue weighted by atomic mass is 10.0. The molecule has 15 heavy (non-hydrogen) atoms. The largest absolute Gasteiger partial charge is 0.480 e. The lowest BCUT2D eigenvalue weighted by Gasteiger charge is -2.27. The van der Waals surface area contributed by atoms with Gasteiger partial charge in [0, 0.05) is 4.75 Å². The van der Waals surface area contributed by atoms with E-state index >= 15 is 0 Å². The van der Waals surface area contributed by atoms with Crippen molar-refractivity contribution in [2.45, 2.75) is 30.8 Å². The smallest absolute Gasteiger partial charge is 0.471 e. The molecule has 0 radical (unpaired) electrons. The van der Waals surface area contributed by atoms with Crippen LogP contribution in [-0.2, 0) is 9.59 Å². The third-order valence-electron chi connectivity index (χ3n) is 1.49. The van der Waals surface area contributed by atoms with Gasteiger partial charge in [0.25, 0.3) is 0 Å². The van der Waals surface area contributed by atoms with Crippen molar-refractivity contribution in [3.63, 3.8) is 0 Å². The van der Waals surface area contributed by atoms with E-state index in [0.29, 0.717) is 0 Å². The monoisotopic (exact) mass is 245 g/mol. The third kappa shape index (κ3) is 4.41. The molecule has 1 unspecified atom stereocenters. The number of carbonyl (C=O) groups is 2. The fourth-order valence-electron chi connectivity index (χ4n) is 0.753. The molecule has 0 aromatic rings. The number of halogens is 3. The van der Waals surface area contributed by atoms with Gasteiger partial charge in [-0.05, 0) is 13.8 Å². The van der Waals surface area contributed by atoms with Crippen LogP contribution in [0.15, 0.2) is 0 Å². The Morgan fingerprint density at radius 3 is 1.93 bits per heavy atom. The Balaban J connectivity index is 4.74. The number of hydrogen-bond donors (Lipinski definition) is 3. The minimum atomic E-state index is -5.10. The first-order chi connectivity index (χ1) is 6.46. The molecule has 1 amide bonds. The second-order valence-corrected chi connectivity index (χ2v) is 4.55. The van der Waals surface area contributed by atoms with Crippen molar-refractivity contribution in [2.75, 3.05) is 0 Å². The van der Waals surface area contributed by atoms with Crippen LogP contribution in [0.25, 0.3) is 0 Å². The summed E-state index contributed by atoms with van der Waals surface area (Å²) in [5, 5.41) is 9.95. The van der Waals surface area contributed by atoms with Crippen LogP contribution in [-0.4, -0.2) is 33.9 Å². The van der Waals surface area contributed by atoms with E-state index in [0.717, 1.165) is 0 Å². The van der Waals surface area contributed by atoms with Crippen LogP contribution in [0.1, 0.15) is 13.8 Å². The normalized spacial score (nSPS) is 14.5. The SMILES string of the molecule is CC(C)(S)C(NC(=O)C(F)(F)F)C(=O)O. The molecule has 0 fully saturated rings. The molecule has 88 valence electrons. The van der Waals surface area contributed by atoms with Gasteiger partial charge in [-0.15, -0.1) is 0 Å². The summed E-state index contributed by atoms with van der Waals surface area (Å²) in [7, 11) is 0. The number of carboxylic acid groups (broad SMARTS) is 1. The first-order valence-electron chi connectivity index (χ1n) is 3.79. The van der Waals surface area contributed by atoms with Crippen molar-refractivity contribution in [1.29, 1.82) is 0 Å². The van der Waals surface area contributed by atoms with Gasteiger partial charge >= 0.3 is 18.1 Å². The van der Waals surface area contributed by atoms with Gasteiger partial charge in [0.15, 0.2) is 0 Å². The van der Waals surface area contributed by atoms with E-state index in [4.69, 9.17) is 5.11 Å². The van der Waals surface area contributed by atoms with E-state index < -0.39 is 28.8 Å². The van der Waals surface area contributed by atoms with Crippen molar-refractivity contribution in [3.05, 3.63) is 0 Å². The first-order valence-corrected chi connectivity index (χ1v) is 4.24. The molecule has 0 rings (SSSR count). The van der Waals surface area contributed by atoms with Gasteiger partial charge in [-0.1, -0.05) is 0 Å². The zero-order valence-corrected chi connectivity index (χ0v) is 8.82. The molecule has 0 aliphatic carbocycles. The molecule has 0 bridgehead atoms. The molecule has 2 N–H and O–H groups in total. The van der Waals surface area contributed by atoms with Crippen molar-refractivity contribution in [3.8, 4) is 0 Å². The minimum absolute atomic E-state index is 1.28. The van der Waals surface area contributed by atoms with Gasteiger partial charge in [0.1, 0.15) is 6.04 Å². The highest BCUT2D eigenvalue weighted by atomic mass is 32.1. The molecule has 0 heterocycles. The van der Waals surface area contributed by atoms with Crippen LogP contribution < -0.4 is 5.32 Å². The van der Waals surface area contributed by atoms with Crippen LogP contribution in [0, 0.1) is 0 Å². The minimum Gasteiger partial charge on any atom is -0.480 e. The number of thiol groups is 1. The van der Waals surface area contributed by atoms with E-state index in [-0.39, 0.29) is 0 Å². The highest BCUT2D eigenvalue weighted by molar-refractivity contribution is 7.81. The maximum absolute atomic E-state index is 11.8. The zero-order valence-electron chi connectivity index (χ0n) is 7.92. The fourth-order valence-corrected chi connectivity index (χ4v) is 0.928. The Morgan fingerprint density at radius 2 is 1.73 bits per heavy atom. The van der Waals surface area contributed by atoms with Crippen LogP contribution in [0.2, 0.25) is 0 Å². The molecular formula is C7H10F3NO3S. The van der Waals surface area contributed by atoms with E-state index in [1.54, 1.807) is 0 Å². The zero-order chi connectivity index (χ0) is 12.4. The number of amides is 1. The summed E-state index contributed by atoms with van der Waals surface area (Å²) in [6.45, 7) is 2.57. The van der Waals surface area contributed by atoms with Crippen LogP contribution >= 0.6 is 12.6 Å². The fraction of sp³-hybridized carbons (Fsp3) is 0.714. The van der Waals surface area contributed by atoms with Crippen LogP contribution in [0.5, 0.6) is 0 Å². The van der Waals surface area contributed by atoms with E-state index in [2.05, 4.69) is 12.6 Å². The Morgan fingerprint density at radius 1 is 1.33 bits per heavy atom. The molecule has 0 saturated carbocycles. The molecular weight excluding hydrogens is 235 g/mol. The Bertz CT molecular complexity index is 272. The van der Waals surface area contributed by atoms with Gasteiger partial charge in [-0.25, -0.2) is 4.79 Å². The van der Waals surface area contributed by atoms with Gasteiger partial charge in [-0.2, -0.15) is 25.8 Å². The van der Waals surface area contributed by atoms with Crippen molar-refractivity contribution in [1.82, 2.24) is 5.32 Å². The molecule has 8 heteroatoms. The maximum atomic E-state index is 11.8. The lowest BCUT2D eigenvalue weighted by molar-refractivity contribution is -0.175. The van der Waals surface area contributed by atoms with Crippen molar-refractivity contribution >= 4 is 24.5 Å². The average Bonchev–Trinajstić information content (AvgIpc) is 1.94. The quantitative estimate of drug-likeness (QED) is 0.645. The average molecular weight is 245 g/mol. The topological polar surface area (TPSA) is 66.4 Å². The standard InChI is InChI=1S/C7H10F3NO3S/c1-6(2,15)3(4(12)13)11-5(14)7(8,9)10/h3,15H,1-2H3,(H,11,14)(H,12,13). The molecule has 0 aromatic carbocycles. The lowest BCUT2D eigenvalue weighted by Crippen LogP contribution is -2.54. The van der Waals surface area contributed by atoms with Crippen LogP contribution in [0.3, 0.4) is 0 Å². The predicted molar refractivity (Wildman–Crippen MR) is 48.7 cm³/mol. The molecule has 0 aromatic heterocycles. The highest BCUT2D eigenvalue weighted by Crippen LogP contribution is 2.20. The Kier molecular flexibility index (Phi) is 4.03. The number of hydrogen-bond acceptors (Lipinski definition) is 3. The maximum Gasteiger partial charge on any atom is 0.471 e. The second-order valence-electron chi connectivity index (χ2n) is 3.40. The van der Waals surface area contributed by atoms with Crippen molar-refractivity contribution < 1.29 is 27.9 Å². The summed E-state index contributed by atoms with van der Waals surface area (Å²) < 4.78 is 34.2. The summed E-state index contributed by atoms with van der Waals surface area (Å²) >= 11 is 3.80. The molecule has 0 aliphatic rings. The van der Waals surface area contributed by atoms with Gasteiger partial charge in [0.05, 0.1) is 0 Å². The summed E-state index contributed by atoms with van der Waals surface area (Å²) in [6.07, 6.45) is -5.10. The molecule has 4 nitrogen and oxygen atoms in total. The van der Waals surface area contributed by atoms with E-state index in [1.807, 2.05) is 0 Å². The third-order valence-corrected chi connectivity index (χ3v) is 1.74. The summed E-state index contributed by atoms with van der Waals surface area (Å²) in [5.74, 6) is -3.87. The predicted octanol–water partition coefficient (Wildman–Crippen LogP) is 0.827. The number of rotatable bonds is 3. The number of nitrogens with one attached hydrogen (secondary N) is 1. The van der Waals surface area contributed by atoms with Crippen molar-refractivity contribution in [2.24, 2.45) is 0 Å². The number of aliphatic carboxylic acids is 1. The molecule has 0 saturated heterocycles. The Hall–Kier alpha value is -0.920. The van der Waals surface area contributed by atoms with E-state index in [9.17, 15) is 22.8 Å². The first kappa shape index (κ1) is 14.1. The van der Waals surface area contributed by atoms with E-state index in [1.165, 1.54) is 19.2 Å². The molecule has 0 spiro atoms. The van der Waals surface area contributed by atoms with Gasteiger partial charge in [0.2, 0.25) is 0 Å². The highest BCUT2D eigenvalue weighted by Gasteiger charge is 2.43. The molecule has 1 atom stereocenters. The Labute approximate surface area is 89.2 Å². The van der Waals surface area contributed by atoms with Gasteiger partial charge in [-0.3, -0.25) is 4.79 Å². The number of carbonyl (C=O) groups excluding carboxylic acids is 1. The van der Waals surface area contributed by atoms with Gasteiger partial charge < -0.3 is 10.4 Å². The molecule has 0 aliphatic heterocycles. The number of carboxylic acids is 1.